The summed E-state index contributed by atoms with van der Waals surface area (Å²) in [7, 11) is -3.81. The lowest BCUT2D eigenvalue weighted by atomic mass is 10.3. The molecule has 0 atom stereocenters. The highest BCUT2D eigenvalue weighted by molar-refractivity contribution is 7.92. The molecule has 0 spiro atoms. The van der Waals surface area contributed by atoms with Crippen molar-refractivity contribution in [2.75, 3.05) is 11.1 Å². The van der Waals surface area contributed by atoms with Gasteiger partial charge in [-0.3, -0.25) is 4.79 Å². The van der Waals surface area contributed by atoms with Gasteiger partial charge in [-0.1, -0.05) is 18.2 Å². The zero-order chi connectivity index (χ0) is 15.5. The lowest BCUT2D eigenvalue weighted by Crippen LogP contribution is -2.23. The van der Waals surface area contributed by atoms with Gasteiger partial charge in [-0.15, -0.1) is 0 Å². The summed E-state index contributed by atoms with van der Waals surface area (Å²) in [6.07, 6.45) is 0. The molecule has 0 aliphatic carbocycles. The van der Waals surface area contributed by atoms with Gasteiger partial charge in [0.1, 0.15) is 17.4 Å². The molecule has 0 heterocycles. The van der Waals surface area contributed by atoms with Crippen LogP contribution in [0.3, 0.4) is 0 Å². The molecular formula is C14H11F2NO3S. The van der Waals surface area contributed by atoms with Gasteiger partial charge in [-0.25, -0.2) is 17.2 Å². The summed E-state index contributed by atoms with van der Waals surface area (Å²) in [5.41, 5.74) is -0.273. The minimum atomic E-state index is -3.81. The zero-order valence-electron chi connectivity index (χ0n) is 10.7. The maximum Gasteiger partial charge on any atom is 0.240 e. The molecule has 0 fully saturated rings. The molecule has 1 N–H and O–H groups in total. The van der Waals surface area contributed by atoms with Crippen molar-refractivity contribution in [2.45, 2.75) is 4.90 Å². The van der Waals surface area contributed by atoms with Crippen LogP contribution in [0.5, 0.6) is 0 Å². The van der Waals surface area contributed by atoms with E-state index in [2.05, 4.69) is 5.32 Å². The Bertz CT molecular complexity index is 761. The molecular weight excluding hydrogens is 300 g/mol. The summed E-state index contributed by atoms with van der Waals surface area (Å²) in [5, 5.41) is 2.10. The van der Waals surface area contributed by atoms with Crippen LogP contribution >= 0.6 is 0 Å². The van der Waals surface area contributed by atoms with Crippen LogP contribution in [0, 0.1) is 11.6 Å². The summed E-state index contributed by atoms with van der Waals surface area (Å²) >= 11 is 0. The number of carbonyl (C=O) groups is 1. The molecule has 2 aromatic carbocycles. The van der Waals surface area contributed by atoms with Gasteiger partial charge in [0.05, 0.1) is 10.6 Å². The maximum atomic E-state index is 13.4. The Hall–Kier alpha value is -2.28. The second kappa shape index (κ2) is 6.01. The van der Waals surface area contributed by atoms with Crippen LogP contribution in [-0.2, 0) is 14.6 Å². The number of carbonyl (C=O) groups excluding carboxylic acids is 1. The first kappa shape index (κ1) is 15.1. The Morgan fingerprint density at radius 3 is 2.33 bits per heavy atom. The van der Waals surface area contributed by atoms with E-state index in [1.807, 2.05) is 0 Å². The Balaban J connectivity index is 2.12. The molecule has 7 heteroatoms. The van der Waals surface area contributed by atoms with Crippen LogP contribution in [0.4, 0.5) is 14.5 Å². The largest absolute Gasteiger partial charge is 0.323 e. The summed E-state index contributed by atoms with van der Waals surface area (Å²) in [4.78, 5) is 11.7. The summed E-state index contributed by atoms with van der Waals surface area (Å²) < 4.78 is 50.0. The summed E-state index contributed by atoms with van der Waals surface area (Å²) in [6.45, 7) is 0. The van der Waals surface area contributed by atoms with E-state index in [-0.39, 0.29) is 10.6 Å². The van der Waals surface area contributed by atoms with Gasteiger partial charge in [0.15, 0.2) is 9.84 Å². The highest BCUT2D eigenvalue weighted by Gasteiger charge is 2.19. The molecule has 0 bridgehead atoms. The second-order valence-corrected chi connectivity index (χ2v) is 6.23. The fraction of sp³-hybridized carbons (Fsp3) is 0.0714. The van der Waals surface area contributed by atoms with E-state index < -0.39 is 33.1 Å². The van der Waals surface area contributed by atoms with E-state index in [4.69, 9.17) is 0 Å². The van der Waals surface area contributed by atoms with Crippen LogP contribution in [-0.4, -0.2) is 20.1 Å². The maximum absolute atomic E-state index is 13.4. The quantitative estimate of drug-likeness (QED) is 0.943. The molecule has 21 heavy (non-hydrogen) atoms. The van der Waals surface area contributed by atoms with Gasteiger partial charge in [0, 0.05) is 6.07 Å². The number of rotatable bonds is 4. The van der Waals surface area contributed by atoms with Gasteiger partial charge in [-0.2, -0.15) is 0 Å². The van der Waals surface area contributed by atoms with Gasteiger partial charge < -0.3 is 5.32 Å². The topological polar surface area (TPSA) is 63.2 Å². The molecule has 110 valence electrons. The molecule has 0 aliphatic rings. The van der Waals surface area contributed by atoms with Crippen molar-refractivity contribution in [1.29, 1.82) is 0 Å². The van der Waals surface area contributed by atoms with E-state index in [1.54, 1.807) is 6.07 Å². The Labute approximate surface area is 120 Å². The van der Waals surface area contributed by atoms with Crippen molar-refractivity contribution < 1.29 is 22.0 Å². The van der Waals surface area contributed by atoms with Crippen LogP contribution in [0.2, 0.25) is 0 Å². The Morgan fingerprint density at radius 2 is 1.71 bits per heavy atom. The van der Waals surface area contributed by atoms with Crippen LogP contribution in [0.1, 0.15) is 0 Å². The van der Waals surface area contributed by atoms with E-state index in [0.29, 0.717) is 6.07 Å². The first-order valence-electron chi connectivity index (χ1n) is 5.91. The smallest absolute Gasteiger partial charge is 0.240 e. The van der Waals surface area contributed by atoms with Crippen molar-refractivity contribution in [3.05, 3.63) is 60.2 Å². The van der Waals surface area contributed by atoms with E-state index in [9.17, 15) is 22.0 Å². The normalized spacial score (nSPS) is 11.1. The third-order valence-corrected chi connectivity index (χ3v) is 4.26. The number of hydrogen-bond donors (Lipinski definition) is 1. The van der Waals surface area contributed by atoms with Crippen molar-refractivity contribution in [1.82, 2.24) is 0 Å². The van der Waals surface area contributed by atoms with Crippen molar-refractivity contribution in [3.8, 4) is 0 Å². The SMILES string of the molecule is O=C(CS(=O)(=O)c1ccccc1)Nc1ccc(F)cc1F. The second-order valence-electron chi connectivity index (χ2n) is 4.24. The first-order chi connectivity index (χ1) is 9.88. The molecule has 0 radical (unpaired) electrons. The number of halogens is 2. The van der Waals surface area contributed by atoms with Gasteiger partial charge in [0.2, 0.25) is 5.91 Å². The predicted octanol–water partition coefficient (Wildman–Crippen LogP) is 2.38. The number of hydrogen-bond acceptors (Lipinski definition) is 3. The predicted molar refractivity (Wildman–Crippen MR) is 73.5 cm³/mol. The third kappa shape index (κ3) is 3.85. The van der Waals surface area contributed by atoms with E-state index >= 15 is 0 Å². The average molecular weight is 311 g/mol. The number of anilines is 1. The molecule has 2 aromatic rings. The molecule has 4 nitrogen and oxygen atoms in total. The molecule has 0 saturated carbocycles. The fourth-order valence-corrected chi connectivity index (χ4v) is 2.82. The first-order valence-corrected chi connectivity index (χ1v) is 7.56. The monoisotopic (exact) mass is 311 g/mol. The number of amides is 1. The van der Waals surface area contributed by atoms with Gasteiger partial charge in [-0.05, 0) is 24.3 Å². The molecule has 0 aromatic heterocycles. The highest BCUT2D eigenvalue weighted by atomic mass is 32.2. The summed E-state index contributed by atoms with van der Waals surface area (Å²) in [6, 6.07) is 10.0. The van der Waals surface area contributed by atoms with Crippen LogP contribution in [0.25, 0.3) is 0 Å². The fourth-order valence-electron chi connectivity index (χ4n) is 1.66. The average Bonchev–Trinajstić information content (AvgIpc) is 2.42. The number of sulfone groups is 1. The van der Waals surface area contributed by atoms with Gasteiger partial charge >= 0.3 is 0 Å². The Kier molecular flexibility index (Phi) is 4.32. The minimum Gasteiger partial charge on any atom is -0.323 e. The van der Waals surface area contributed by atoms with Crippen molar-refractivity contribution in [3.63, 3.8) is 0 Å². The Morgan fingerprint density at radius 1 is 1.05 bits per heavy atom. The molecule has 2 rings (SSSR count). The molecule has 1 amide bonds. The highest BCUT2D eigenvalue weighted by Crippen LogP contribution is 2.16. The minimum absolute atomic E-state index is 0.000252. The number of benzene rings is 2. The van der Waals surface area contributed by atoms with Crippen LogP contribution < -0.4 is 5.32 Å². The third-order valence-electron chi connectivity index (χ3n) is 2.63. The van der Waals surface area contributed by atoms with Crippen molar-refractivity contribution in [2.24, 2.45) is 0 Å². The number of nitrogens with one attached hydrogen (secondary N) is 1. The lowest BCUT2D eigenvalue weighted by molar-refractivity contribution is -0.113. The standard InChI is InChI=1S/C14H11F2NO3S/c15-10-6-7-13(12(16)8-10)17-14(18)9-21(19,20)11-4-2-1-3-5-11/h1-8H,9H2,(H,17,18). The van der Waals surface area contributed by atoms with Crippen molar-refractivity contribution >= 4 is 21.4 Å². The van der Waals surface area contributed by atoms with E-state index in [1.165, 1.54) is 24.3 Å². The van der Waals surface area contributed by atoms with E-state index in [0.717, 1.165) is 12.1 Å². The lowest BCUT2D eigenvalue weighted by Gasteiger charge is -2.07. The molecule has 0 aliphatic heterocycles. The van der Waals surface area contributed by atoms with Crippen LogP contribution in [0.15, 0.2) is 53.4 Å². The summed E-state index contributed by atoms with van der Waals surface area (Å²) in [5.74, 6) is -3.49. The van der Waals surface area contributed by atoms with Gasteiger partial charge in [0.25, 0.3) is 0 Å². The zero-order valence-corrected chi connectivity index (χ0v) is 11.5. The molecule has 0 saturated heterocycles. The molecule has 0 unspecified atom stereocenters.